The van der Waals surface area contributed by atoms with Crippen molar-refractivity contribution in [3.05, 3.63) is 60.8 Å². The molecule has 3 saturated heterocycles. The fourth-order valence-corrected chi connectivity index (χ4v) is 6.10. The number of ether oxygens (including phenoxy) is 5. The van der Waals surface area contributed by atoms with E-state index < -0.39 is 103 Å². The molecule has 0 aromatic rings. The molecular formula is C34H49NO13. The van der Waals surface area contributed by atoms with E-state index in [9.17, 15) is 40.2 Å². The first kappa shape index (κ1) is 38.0. The molecule has 0 spiro atoms. The third-order valence-corrected chi connectivity index (χ3v) is 9.11. The second-order valence-corrected chi connectivity index (χ2v) is 13.0. The number of hydrogen-bond donors (Lipinski definition) is 7. The number of carbonyl (C=O) groups is 2. The predicted octanol–water partition coefficient (Wildman–Crippen LogP) is 0.366. The highest BCUT2D eigenvalue weighted by molar-refractivity contribution is 5.82. The average molecular weight is 680 g/mol. The van der Waals surface area contributed by atoms with Crippen molar-refractivity contribution in [2.24, 2.45) is 17.6 Å². The molecule has 0 saturated carbocycles. The van der Waals surface area contributed by atoms with E-state index >= 15 is 0 Å². The maximum Gasteiger partial charge on any atom is 0.330 e. The normalized spacial score (nSPS) is 48.1. The van der Waals surface area contributed by atoms with Gasteiger partial charge < -0.3 is 60.1 Å². The van der Waals surface area contributed by atoms with Crippen LogP contribution >= 0.6 is 0 Å². The van der Waals surface area contributed by atoms with Crippen LogP contribution in [-0.2, 0) is 33.3 Å². The van der Waals surface area contributed by atoms with E-state index in [0.29, 0.717) is 0 Å². The summed E-state index contributed by atoms with van der Waals surface area (Å²) in [6.45, 7) is 5.27. The summed E-state index contributed by atoms with van der Waals surface area (Å²) in [5.41, 5.74) is 5.98. The summed E-state index contributed by atoms with van der Waals surface area (Å²) in [5, 5.41) is 64.1. The molecule has 4 rings (SSSR count). The molecule has 0 aromatic carbocycles. The third kappa shape index (κ3) is 10.4. The number of aliphatic carboxylic acids is 1. The van der Waals surface area contributed by atoms with E-state index in [0.717, 1.165) is 0 Å². The van der Waals surface area contributed by atoms with E-state index in [2.05, 4.69) is 0 Å². The highest BCUT2D eigenvalue weighted by Gasteiger charge is 2.51. The number of esters is 1. The summed E-state index contributed by atoms with van der Waals surface area (Å²) in [4.78, 5) is 24.6. The Morgan fingerprint density at radius 3 is 2.23 bits per heavy atom. The second kappa shape index (κ2) is 16.8. The Morgan fingerprint density at radius 2 is 1.54 bits per heavy atom. The number of aliphatic hydroxyl groups is 5. The zero-order chi connectivity index (χ0) is 35.2. The van der Waals surface area contributed by atoms with Gasteiger partial charge in [0.25, 0.3) is 0 Å². The van der Waals surface area contributed by atoms with Gasteiger partial charge in [-0.3, -0.25) is 4.79 Å². The van der Waals surface area contributed by atoms with Crippen molar-refractivity contribution in [3.8, 4) is 0 Å². The number of hydrogen-bond acceptors (Lipinski definition) is 13. The van der Waals surface area contributed by atoms with Crippen LogP contribution in [0.1, 0.15) is 46.5 Å². The molecule has 2 unspecified atom stereocenters. The van der Waals surface area contributed by atoms with E-state index in [1.165, 1.54) is 6.08 Å². The third-order valence-electron chi connectivity index (χ3n) is 9.11. The molecule has 0 radical (unpaired) electrons. The zero-order valence-electron chi connectivity index (χ0n) is 27.3. The van der Waals surface area contributed by atoms with Crippen LogP contribution in [0.4, 0.5) is 0 Å². The number of epoxide rings is 1. The van der Waals surface area contributed by atoms with Crippen LogP contribution in [0.2, 0.25) is 0 Å². The van der Waals surface area contributed by atoms with Crippen LogP contribution in [0, 0.1) is 11.8 Å². The molecule has 14 heteroatoms. The highest BCUT2D eigenvalue weighted by Crippen LogP contribution is 2.39. The minimum atomic E-state index is -2.10. The number of rotatable bonds is 3. The molecule has 14 nitrogen and oxygen atoms in total. The molecule has 4 heterocycles. The molecule has 0 aromatic heterocycles. The number of carbonyl (C=O) groups excluding carboxylic acids is 1. The first-order chi connectivity index (χ1) is 22.7. The lowest BCUT2D eigenvalue weighted by molar-refractivity contribution is -0.308. The van der Waals surface area contributed by atoms with Gasteiger partial charge in [0.05, 0.1) is 48.8 Å². The number of nitrogens with two attached hydrogens (primary N) is 1. The average Bonchev–Trinajstić information content (AvgIpc) is 3.74. The Morgan fingerprint density at radius 1 is 0.875 bits per heavy atom. The Balaban J connectivity index is 1.60. The molecule has 2 bridgehead atoms. The van der Waals surface area contributed by atoms with E-state index in [4.69, 9.17) is 29.4 Å². The second-order valence-electron chi connectivity index (χ2n) is 13.0. The molecule has 3 fully saturated rings. The van der Waals surface area contributed by atoms with Crippen molar-refractivity contribution in [2.45, 2.75) is 126 Å². The number of aliphatic hydroxyl groups excluding tert-OH is 4. The topological polar surface area (TPSA) is 231 Å². The fraction of sp³-hybridized carbons (Fsp3) is 0.647. The minimum absolute atomic E-state index is 0.0747. The molecule has 15 atom stereocenters. The molecule has 4 aliphatic rings. The zero-order valence-corrected chi connectivity index (χ0v) is 27.3. The maximum absolute atomic E-state index is 12.3. The van der Waals surface area contributed by atoms with Crippen LogP contribution in [0.3, 0.4) is 0 Å². The number of carboxylic acid groups (broad SMARTS) is 1. The summed E-state index contributed by atoms with van der Waals surface area (Å²) in [7, 11) is 0. The largest absolute Gasteiger partial charge is 0.481 e. The van der Waals surface area contributed by atoms with Gasteiger partial charge in [0.2, 0.25) is 0 Å². The number of carboxylic acids is 1. The summed E-state index contributed by atoms with van der Waals surface area (Å²) in [6, 6.07) is -1.08. The van der Waals surface area contributed by atoms with Gasteiger partial charge in [0.15, 0.2) is 12.1 Å². The summed E-state index contributed by atoms with van der Waals surface area (Å²) in [5.74, 6) is -5.53. The van der Waals surface area contributed by atoms with Gasteiger partial charge in [-0.2, -0.15) is 0 Å². The van der Waals surface area contributed by atoms with Gasteiger partial charge in [-0.15, -0.1) is 0 Å². The monoisotopic (exact) mass is 679 g/mol. The van der Waals surface area contributed by atoms with Crippen LogP contribution in [0.15, 0.2) is 60.8 Å². The number of cyclic esters (lactones) is 1. The number of fused-ring (bicyclic) bond motifs is 3. The van der Waals surface area contributed by atoms with Crippen LogP contribution < -0.4 is 5.73 Å². The van der Waals surface area contributed by atoms with E-state index in [1.54, 1.807) is 56.4 Å². The molecule has 268 valence electrons. The van der Waals surface area contributed by atoms with Gasteiger partial charge in [-0.25, -0.2) is 4.79 Å². The van der Waals surface area contributed by atoms with Gasteiger partial charge in [0, 0.05) is 37.7 Å². The van der Waals surface area contributed by atoms with Gasteiger partial charge in [0.1, 0.15) is 24.2 Å². The lowest BCUT2D eigenvalue weighted by Gasteiger charge is -2.45. The lowest BCUT2D eigenvalue weighted by atomic mass is 9.83. The van der Waals surface area contributed by atoms with E-state index in [1.807, 2.05) is 19.1 Å². The highest BCUT2D eigenvalue weighted by atomic mass is 16.7. The molecule has 48 heavy (non-hydrogen) atoms. The van der Waals surface area contributed by atoms with Crippen LogP contribution in [0.5, 0.6) is 0 Å². The van der Waals surface area contributed by atoms with E-state index in [-0.39, 0.29) is 25.2 Å². The summed E-state index contributed by atoms with van der Waals surface area (Å²) < 4.78 is 28.7. The van der Waals surface area contributed by atoms with Gasteiger partial charge in [-0.1, -0.05) is 55.5 Å². The molecular weight excluding hydrogens is 630 g/mol. The predicted molar refractivity (Wildman–Crippen MR) is 170 cm³/mol. The number of allylic oxidation sites excluding steroid dienone is 6. The van der Waals surface area contributed by atoms with Crippen molar-refractivity contribution < 1.29 is 63.9 Å². The SMILES string of the molecule is C[C@H]1/C=C/C=C/C=C/C=C/[C@H](O[C@@H]2O[C@H](C)[C@@H](O)[C@H](N)[C@@H]2O)CC2O[C@](O)(C[C@@H](O)C[C@H]3OC3/C=C/C(=O)O[C@@H]1C)C[C@H](O)[C@H]2C(=O)O. The Hall–Kier alpha value is -2.76. The molecule has 8 N–H and O–H groups in total. The van der Waals surface area contributed by atoms with Crippen LogP contribution in [0.25, 0.3) is 0 Å². The Bertz CT molecular complexity index is 1250. The van der Waals surface area contributed by atoms with Crippen molar-refractivity contribution in [3.63, 3.8) is 0 Å². The maximum atomic E-state index is 12.3. The minimum Gasteiger partial charge on any atom is -0.481 e. The smallest absolute Gasteiger partial charge is 0.330 e. The van der Waals surface area contributed by atoms with Gasteiger partial charge in [-0.05, 0) is 19.9 Å². The summed E-state index contributed by atoms with van der Waals surface area (Å²) >= 11 is 0. The lowest BCUT2D eigenvalue weighted by Crippen LogP contribution is -2.61. The van der Waals surface area contributed by atoms with Crippen LogP contribution in [-0.4, -0.2) is 122 Å². The Labute approximate surface area is 279 Å². The Kier molecular flexibility index (Phi) is 13.3. The summed E-state index contributed by atoms with van der Waals surface area (Å²) in [6.07, 6.45) is 4.79. The quantitative estimate of drug-likeness (QED) is 0.158. The first-order valence-electron chi connectivity index (χ1n) is 16.3. The van der Waals surface area contributed by atoms with Crippen molar-refractivity contribution in [1.29, 1.82) is 0 Å². The van der Waals surface area contributed by atoms with Crippen molar-refractivity contribution in [2.75, 3.05) is 0 Å². The first-order valence-corrected chi connectivity index (χ1v) is 16.3. The van der Waals surface area contributed by atoms with Crippen molar-refractivity contribution >= 4 is 11.9 Å². The molecule has 0 amide bonds. The van der Waals surface area contributed by atoms with Crippen molar-refractivity contribution in [1.82, 2.24) is 0 Å². The molecule has 0 aliphatic carbocycles. The molecule has 4 aliphatic heterocycles. The fourth-order valence-electron chi connectivity index (χ4n) is 6.10. The van der Waals surface area contributed by atoms with Gasteiger partial charge >= 0.3 is 11.9 Å². The standard InChI is InChI=1S/C34H49NO13/c1-18-10-8-6-4-5-7-9-11-22(46-33-31(40)29(35)30(39)20(3)45-33)15-26-28(32(41)42)23(37)17-34(43,48-26)16-21(36)14-25-24(47-25)12-13-27(38)44-19(18)2/h4-13,18-26,28-31,33,36-37,39-40,43H,14-17,35H2,1-3H3,(H,41,42)/b6-4+,7-5+,10-8+,11-9+,13-12+/t18-,19+,20+,21-,22-,23-,24?,25+,26?,28+,29-,30+,31-,33-,34+/m0/s1.